The van der Waals surface area contributed by atoms with E-state index in [1.807, 2.05) is 75.4 Å². The summed E-state index contributed by atoms with van der Waals surface area (Å²) in [7, 11) is 1.49. The van der Waals surface area contributed by atoms with Gasteiger partial charge in [-0.05, 0) is 30.0 Å². The van der Waals surface area contributed by atoms with Crippen LogP contribution in [0.25, 0.3) is 11.0 Å². The molecule has 2 saturated heterocycles. The minimum atomic E-state index is -1.09. The quantitative estimate of drug-likeness (QED) is 0.327. The molecule has 5 amide bonds. The van der Waals surface area contributed by atoms with E-state index in [1.165, 1.54) is 11.9 Å². The molecular formula is C36H47N7O6. The van der Waals surface area contributed by atoms with Crippen molar-refractivity contribution in [3.05, 3.63) is 66.0 Å². The van der Waals surface area contributed by atoms with Crippen molar-refractivity contribution in [2.24, 2.45) is 5.92 Å². The Labute approximate surface area is 286 Å². The number of ether oxygens (including phenoxy) is 1. The summed E-state index contributed by atoms with van der Waals surface area (Å²) >= 11 is 0. The van der Waals surface area contributed by atoms with E-state index in [9.17, 15) is 24.0 Å². The molecule has 3 aromatic rings. The minimum Gasteiger partial charge on any atom is -0.360 e. The number of imidazole rings is 1. The molecule has 4 atom stereocenters. The third-order valence-corrected chi connectivity index (χ3v) is 8.93. The summed E-state index contributed by atoms with van der Waals surface area (Å²) in [5, 5.41) is 8.50. The van der Waals surface area contributed by atoms with E-state index in [4.69, 9.17) is 9.72 Å². The first-order chi connectivity index (χ1) is 23.5. The number of nitrogens with one attached hydrogen (secondary N) is 3. The van der Waals surface area contributed by atoms with Crippen LogP contribution >= 0.6 is 0 Å². The summed E-state index contributed by atoms with van der Waals surface area (Å²) in [6, 6.07) is 15.2. The van der Waals surface area contributed by atoms with Crippen molar-refractivity contribution in [1.82, 2.24) is 35.3 Å². The third-order valence-electron chi connectivity index (χ3n) is 8.93. The average molecular weight is 674 g/mol. The number of morpholine rings is 1. The highest BCUT2D eigenvalue weighted by Crippen LogP contribution is 2.19. The molecule has 13 heteroatoms. The van der Waals surface area contributed by atoms with E-state index in [2.05, 4.69) is 20.5 Å². The monoisotopic (exact) mass is 673 g/mol. The van der Waals surface area contributed by atoms with Gasteiger partial charge in [-0.15, -0.1) is 0 Å². The fraction of sp³-hybridized carbons (Fsp3) is 0.500. The Morgan fingerprint density at radius 1 is 0.959 bits per heavy atom. The summed E-state index contributed by atoms with van der Waals surface area (Å²) in [6.45, 7) is 6.20. The molecule has 2 aromatic carbocycles. The van der Waals surface area contributed by atoms with Crippen LogP contribution in [0.5, 0.6) is 0 Å². The average Bonchev–Trinajstić information content (AvgIpc) is 3.45. The zero-order valence-electron chi connectivity index (χ0n) is 28.7. The van der Waals surface area contributed by atoms with E-state index in [0.717, 1.165) is 22.4 Å². The van der Waals surface area contributed by atoms with E-state index in [0.29, 0.717) is 19.4 Å². The molecule has 262 valence electrons. The lowest BCUT2D eigenvalue weighted by molar-refractivity contribution is -0.157. The summed E-state index contributed by atoms with van der Waals surface area (Å²) in [4.78, 5) is 75.3. The fourth-order valence-corrected chi connectivity index (χ4v) is 6.46. The first kappa shape index (κ1) is 35.5. The molecule has 2 bridgehead atoms. The number of fused-ring (bicyclic) bond motifs is 3. The normalized spacial score (nSPS) is 22.7. The zero-order valence-corrected chi connectivity index (χ0v) is 28.7. The third kappa shape index (κ3) is 9.02. The lowest BCUT2D eigenvalue weighted by Crippen LogP contribution is -2.59. The molecule has 0 saturated carbocycles. The zero-order chi connectivity index (χ0) is 35.1. The Bertz CT molecular complexity index is 1660. The number of amides is 5. The molecule has 49 heavy (non-hydrogen) atoms. The van der Waals surface area contributed by atoms with E-state index in [-0.39, 0.29) is 50.8 Å². The number of carbonyl (C=O) groups excluding carboxylic acids is 5. The van der Waals surface area contributed by atoms with Gasteiger partial charge in [0, 0.05) is 45.9 Å². The van der Waals surface area contributed by atoms with E-state index < -0.39 is 47.9 Å². The van der Waals surface area contributed by atoms with Gasteiger partial charge in [0.25, 0.3) is 5.91 Å². The predicted molar refractivity (Wildman–Crippen MR) is 183 cm³/mol. The Hall–Kier alpha value is -4.78. The van der Waals surface area contributed by atoms with Gasteiger partial charge in [-0.3, -0.25) is 24.0 Å². The molecule has 2 aliphatic rings. The van der Waals surface area contributed by atoms with Crippen LogP contribution in [-0.4, -0.2) is 106 Å². The van der Waals surface area contributed by atoms with Gasteiger partial charge in [0.1, 0.15) is 17.9 Å². The second-order valence-corrected chi connectivity index (χ2v) is 13.3. The van der Waals surface area contributed by atoms with Crippen LogP contribution in [0.15, 0.2) is 54.6 Å². The molecule has 0 aliphatic carbocycles. The molecule has 13 nitrogen and oxygen atoms in total. The Balaban J connectivity index is 1.40. The topological polar surface area (TPSA) is 155 Å². The number of hydrogen-bond donors (Lipinski definition) is 3. The number of rotatable bonds is 8. The van der Waals surface area contributed by atoms with Gasteiger partial charge in [-0.25, -0.2) is 4.98 Å². The molecule has 2 fully saturated rings. The maximum atomic E-state index is 13.8. The minimum absolute atomic E-state index is 0.0154. The Kier molecular flexibility index (Phi) is 11.7. The van der Waals surface area contributed by atoms with Gasteiger partial charge >= 0.3 is 0 Å². The highest BCUT2D eigenvalue weighted by molar-refractivity contribution is 5.93. The van der Waals surface area contributed by atoms with E-state index >= 15 is 0 Å². The van der Waals surface area contributed by atoms with Gasteiger partial charge in [0.2, 0.25) is 23.6 Å². The SMILES string of the molecule is CCc1nc2ccccc2n1CCC(=O)N1C[C@H]2CNC(=O)[C@H](CC(C)C)NC(=O)CN(C)C(=O)[C@@H](Cc3ccccc3)NC(=O)[C@@H](C1)O2. The van der Waals surface area contributed by atoms with Crippen LogP contribution in [0.4, 0.5) is 0 Å². The smallest absolute Gasteiger partial charge is 0.251 e. The second-order valence-electron chi connectivity index (χ2n) is 13.3. The fourth-order valence-electron chi connectivity index (χ4n) is 6.46. The molecule has 0 radical (unpaired) electrons. The van der Waals surface area contributed by atoms with Crippen LogP contribution in [0.3, 0.4) is 0 Å². The number of para-hydroxylation sites is 2. The maximum absolute atomic E-state index is 13.8. The van der Waals surface area contributed by atoms with Crippen LogP contribution in [-0.2, 0) is 48.1 Å². The van der Waals surface area contributed by atoms with Crippen molar-refractivity contribution in [3.63, 3.8) is 0 Å². The Morgan fingerprint density at radius 2 is 1.69 bits per heavy atom. The number of benzene rings is 2. The largest absolute Gasteiger partial charge is 0.360 e. The highest BCUT2D eigenvalue weighted by atomic mass is 16.5. The van der Waals surface area contributed by atoms with Gasteiger partial charge in [-0.2, -0.15) is 0 Å². The lowest BCUT2D eigenvalue weighted by Gasteiger charge is -2.38. The van der Waals surface area contributed by atoms with Gasteiger partial charge < -0.3 is 35.1 Å². The van der Waals surface area contributed by atoms with Crippen LogP contribution in [0.2, 0.25) is 0 Å². The molecule has 1 aromatic heterocycles. The van der Waals surface area contributed by atoms with Crippen molar-refractivity contribution in [1.29, 1.82) is 0 Å². The van der Waals surface area contributed by atoms with Crippen molar-refractivity contribution >= 4 is 40.6 Å². The van der Waals surface area contributed by atoms with Crippen molar-refractivity contribution in [2.75, 3.05) is 33.2 Å². The summed E-state index contributed by atoms with van der Waals surface area (Å²) < 4.78 is 8.25. The first-order valence-corrected chi connectivity index (χ1v) is 17.1. The summed E-state index contributed by atoms with van der Waals surface area (Å²) in [6.07, 6.45) is -0.348. The standard InChI is InChI=1S/C36H47N7O6/c1-5-31-38-26-13-9-10-14-29(26)43(31)16-15-33(45)42-20-25-19-37-34(46)27(17-23(2)3)39-32(44)22-41(4)36(48)28(18-24-11-7-6-8-12-24)40-35(47)30(21-42)49-25/h6-14,23,25,27-28,30H,5,15-22H2,1-4H3,(H,37,46)(H,39,44)(H,40,47)/t25-,27+,28-,30-/m1/s1. The lowest BCUT2D eigenvalue weighted by atomic mass is 10.0. The van der Waals surface area contributed by atoms with Gasteiger partial charge in [0.15, 0.2) is 6.10 Å². The Morgan fingerprint density at radius 3 is 2.43 bits per heavy atom. The van der Waals surface area contributed by atoms with Gasteiger partial charge in [-0.1, -0.05) is 63.2 Å². The molecule has 0 unspecified atom stereocenters. The molecule has 0 spiro atoms. The van der Waals surface area contributed by atoms with Crippen LogP contribution in [0, 0.1) is 5.92 Å². The predicted octanol–water partition coefficient (Wildman–Crippen LogP) is 1.43. The van der Waals surface area contributed by atoms with E-state index in [1.54, 1.807) is 4.90 Å². The second kappa shape index (κ2) is 16.1. The number of aromatic nitrogens is 2. The molecule has 3 N–H and O–H groups in total. The van der Waals surface area contributed by atoms with Crippen LogP contribution < -0.4 is 16.0 Å². The maximum Gasteiger partial charge on any atom is 0.251 e. The molecular weight excluding hydrogens is 626 g/mol. The number of carbonyl (C=O) groups is 5. The number of nitrogens with zero attached hydrogens (tertiary/aromatic N) is 4. The van der Waals surface area contributed by atoms with Gasteiger partial charge in [0.05, 0.1) is 30.2 Å². The summed E-state index contributed by atoms with van der Waals surface area (Å²) in [5.41, 5.74) is 2.64. The number of aryl methyl sites for hydroxylation is 2. The van der Waals surface area contributed by atoms with Crippen molar-refractivity contribution in [3.8, 4) is 0 Å². The molecule has 3 heterocycles. The van der Waals surface area contributed by atoms with Crippen molar-refractivity contribution in [2.45, 2.75) is 77.3 Å². The molecule has 2 aliphatic heterocycles. The molecule has 5 rings (SSSR count). The van der Waals surface area contributed by atoms with Crippen LogP contribution in [0.1, 0.15) is 45.0 Å². The van der Waals surface area contributed by atoms with Crippen molar-refractivity contribution < 1.29 is 28.7 Å². The number of likely N-dealkylation sites (N-methyl/N-ethyl adjacent to an activating group) is 1. The first-order valence-electron chi connectivity index (χ1n) is 17.1. The number of hydrogen-bond acceptors (Lipinski definition) is 7. The highest BCUT2D eigenvalue weighted by Gasteiger charge is 2.37. The summed E-state index contributed by atoms with van der Waals surface area (Å²) in [5.74, 6) is -1.10.